The van der Waals surface area contributed by atoms with Gasteiger partial charge in [-0.15, -0.1) is 0 Å². The SMILES string of the molecule is CC(C)N(CCCO)C(=O)N1CCCCCC1. The van der Waals surface area contributed by atoms with Gasteiger partial charge in [0.15, 0.2) is 0 Å². The zero-order valence-corrected chi connectivity index (χ0v) is 11.2. The number of amides is 2. The number of carbonyl (C=O) groups is 1. The van der Waals surface area contributed by atoms with E-state index in [0.29, 0.717) is 13.0 Å². The van der Waals surface area contributed by atoms with E-state index in [2.05, 4.69) is 0 Å². The van der Waals surface area contributed by atoms with E-state index >= 15 is 0 Å². The van der Waals surface area contributed by atoms with Crippen molar-refractivity contribution in [1.82, 2.24) is 9.80 Å². The van der Waals surface area contributed by atoms with Gasteiger partial charge in [-0.2, -0.15) is 0 Å². The van der Waals surface area contributed by atoms with Crippen molar-refractivity contribution in [3.63, 3.8) is 0 Å². The molecule has 0 atom stereocenters. The van der Waals surface area contributed by atoms with Gasteiger partial charge in [-0.3, -0.25) is 0 Å². The van der Waals surface area contributed by atoms with Crippen LogP contribution < -0.4 is 0 Å². The number of urea groups is 1. The van der Waals surface area contributed by atoms with Gasteiger partial charge in [-0.25, -0.2) is 4.79 Å². The van der Waals surface area contributed by atoms with Crippen molar-refractivity contribution in [1.29, 1.82) is 0 Å². The molecule has 0 saturated carbocycles. The smallest absolute Gasteiger partial charge is 0.320 e. The second kappa shape index (κ2) is 7.54. The first-order valence-electron chi connectivity index (χ1n) is 6.83. The van der Waals surface area contributed by atoms with Crippen LogP contribution in [0.25, 0.3) is 0 Å². The Labute approximate surface area is 105 Å². The molecule has 4 nitrogen and oxygen atoms in total. The van der Waals surface area contributed by atoms with Gasteiger partial charge in [0.05, 0.1) is 0 Å². The quantitative estimate of drug-likeness (QED) is 0.820. The summed E-state index contributed by atoms with van der Waals surface area (Å²) in [5.41, 5.74) is 0. The van der Waals surface area contributed by atoms with Crippen molar-refractivity contribution >= 4 is 6.03 Å². The van der Waals surface area contributed by atoms with Crippen LogP contribution >= 0.6 is 0 Å². The first kappa shape index (κ1) is 14.3. The van der Waals surface area contributed by atoms with Gasteiger partial charge in [0.2, 0.25) is 0 Å². The highest BCUT2D eigenvalue weighted by Crippen LogP contribution is 2.13. The van der Waals surface area contributed by atoms with Crippen molar-refractivity contribution in [3.8, 4) is 0 Å². The Balaban J connectivity index is 2.55. The third-order valence-corrected chi connectivity index (χ3v) is 3.30. The molecule has 1 N–H and O–H groups in total. The minimum absolute atomic E-state index is 0.148. The maximum absolute atomic E-state index is 12.4. The minimum atomic E-state index is 0.148. The molecular formula is C13H26N2O2. The van der Waals surface area contributed by atoms with Gasteiger partial charge >= 0.3 is 6.03 Å². The van der Waals surface area contributed by atoms with E-state index in [1.165, 1.54) is 12.8 Å². The molecule has 1 heterocycles. The molecule has 2 amide bonds. The third kappa shape index (κ3) is 4.54. The summed E-state index contributed by atoms with van der Waals surface area (Å²) < 4.78 is 0. The molecule has 4 heteroatoms. The number of aliphatic hydroxyl groups is 1. The Morgan fingerprint density at radius 2 is 1.82 bits per heavy atom. The fourth-order valence-electron chi connectivity index (χ4n) is 2.26. The highest BCUT2D eigenvalue weighted by atomic mass is 16.3. The largest absolute Gasteiger partial charge is 0.396 e. The van der Waals surface area contributed by atoms with Crippen LogP contribution in [0.3, 0.4) is 0 Å². The predicted octanol–water partition coefficient (Wildman–Crippen LogP) is 2.08. The average molecular weight is 242 g/mol. The maximum Gasteiger partial charge on any atom is 0.320 e. The second-order valence-corrected chi connectivity index (χ2v) is 5.05. The lowest BCUT2D eigenvalue weighted by Gasteiger charge is -2.32. The summed E-state index contributed by atoms with van der Waals surface area (Å²) >= 11 is 0. The third-order valence-electron chi connectivity index (χ3n) is 3.30. The molecule has 100 valence electrons. The number of aliphatic hydroxyl groups excluding tert-OH is 1. The molecule has 0 aliphatic carbocycles. The number of carbonyl (C=O) groups excluding carboxylic acids is 1. The normalized spacial score (nSPS) is 17.1. The van der Waals surface area contributed by atoms with E-state index in [-0.39, 0.29) is 18.7 Å². The van der Waals surface area contributed by atoms with Crippen LogP contribution in [0.1, 0.15) is 46.0 Å². The Hall–Kier alpha value is -0.770. The summed E-state index contributed by atoms with van der Waals surface area (Å²) in [6.07, 6.45) is 5.39. The van der Waals surface area contributed by atoms with Gasteiger partial charge in [-0.1, -0.05) is 12.8 Å². The molecule has 1 fully saturated rings. The van der Waals surface area contributed by atoms with Crippen LogP contribution in [0, 0.1) is 0 Å². The summed E-state index contributed by atoms with van der Waals surface area (Å²) in [5.74, 6) is 0. The zero-order valence-electron chi connectivity index (χ0n) is 11.2. The number of likely N-dealkylation sites (tertiary alicyclic amines) is 1. The fraction of sp³-hybridized carbons (Fsp3) is 0.923. The molecule has 1 saturated heterocycles. The highest BCUT2D eigenvalue weighted by molar-refractivity contribution is 5.74. The van der Waals surface area contributed by atoms with Crippen LogP contribution in [-0.4, -0.2) is 53.2 Å². The van der Waals surface area contributed by atoms with Gasteiger partial charge in [0, 0.05) is 32.3 Å². The molecule has 0 radical (unpaired) electrons. The van der Waals surface area contributed by atoms with E-state index in [1.807, 2.05) is 23.6 Å². The van der Waals surface area contributed by atoms with E-state index < -0.39 is 0 Å². The first-order valence-corrected chi connectivity index (χ1v) is 6.83. The standard InChI is InChI=1S/C13H26N2O2/c1-12(2)15(10-7-11-16)13(17)14-8-5-3-4-6-9-14/h12,16H,3-11H2,1-2H3. The molecule has 1 aliphatic rings. The lowest BCUT2D eigenvalue weighted by Crippen LogP contribution is -2.47. The molecule has 0 aromatic rings. The number of rotatable bonds is 4. The van der Waals surface area contributed by atoms with Gasteiger partial charge in [-0.05, 0) is 33.1 Å². The van der Waals surface area contributed by atoms with Crippen LogP contribution in [-0.2, 0) is 0 Å². The molecule has 1 rings (SSSR count). The molecule has 0 bridgehead atoms. The Bertz CT molecular complexity index is 223. The second-order valence-electron chi connectivity index (χ2n) is 5.05. The molecule has 0 spiro atoms. The van der Waals surface area contributed by atoms with E-state index in [0.717, 1.165) is 25.9 Å². The topological polar surface area (TPSA) is 43.8 Å². The monoisotopic (exact) mass is 242 g/mol. The summed E-state index contributed by atoms with van der Waals surface area (Å²) in [4.78, 5) is 16.2. The zero-order chi connectivity index (χ0) is 12.7. The molecule has 1 aliphatic heterocycles. The van der Waals surface area contributed by atoms with Crippen LogP contribution in [0.4, 0.5) is 4.79 Å². The highest BCUT2D eigenvalue weighted by Gasteiger charge is 2.23. The van der Waals surface area contributed by atoms with Gasteiger partial charge < -0.3 is 14.9 Å². The van der Waals surface area contributed by atoms with Crippen molar-refractivity contribution in [2.75, 3.05) is 26.2 Å². The first-order chi connectivity index (χ1) is 8.16. The van der Waals surface area contributed by atoms with Crippen molar-refractivity contribution < 1.29 is 9.90 Å². The summed E-state index contributed by atoms with van der Waals surface area (Å²) in [6, 6.07) is 0.354. The lowest BCUT2D eigenvalue weighted by molar-refractivity contribution is 0.136. The number of hydrogen-bond acceptors (Lipinski definition) is 2. The Morgan fingerprint density at radius 1 is 1.24 bits per heavy atom. The van der Waals surface area contributed by atoms with Gasteiger partial charge in [0.25, 0.3) is 0 Å². The fourth-order valence-corrected chi connectivity index (χ4v) is 2.26. The summed E-state index contributed by atoms with van der Waals surface area (Å²) in [6.45, 7) is 6.66. The molecule has 0 aromatic carbocycles. The Kier molecular flexibility index (Phi) is 6.34. The van der Waals surface area contributed by atoms with Crippen LogP contribution in [0.15, 0.2) is 0 Å². The Morgan fingerprint density at radius 3 is 2.29 bits per heavy atom. The molecule has 0 aromatic heterocycles. The average Bonchev–Trinajstić information content (AvgIpc) is 2.57. The summed E-state index contributed by atoms with van der Waals surface area (Å²) in [7, 11) is 0. The molecule has 0 unspecified atom stereocenters. The van der Waals surface area contributed by atoms with E-state index in [9.17, 15) is 4.79 Å². The van der Waals surface area contributed by atoms with Crippen molar-refractivity contribution in [3.05, 3.63) is 0 Å². The van der Waals surface area contributed by atoms with Crippen molar-refractivity contribution in [2.45, 2.75) is 52.0 Å². The molecule has 17 heavy (non-hydrogen) atoms. The van der Waals surface area contributed by atoms with Gasteiger partial charge in [0.1, 0.15) is 0 Å². The number of nitrogens with zero attached hydrogens (tertiary/aromatic N) is 2. The minimum Gasteiger partial charge on any atom is -0.396 e. The number of hydrogen-bond donors (Lipinski definition) is 1. The molecular weight excluding hydrogens is 216 g/mol. The van der Waals surface area contributed by atoms with Crippen LogP contribution in [0.2, 0.25) is 0 Å². The van der Waals surface area contributed by atoms with E-state index in [1.54, 1.807) is 0 Å². The van der Waals surface area contributed by atoms with E-state index in [4.69, 9.17) is 5.11 Å². The predicted molar refractivity (Wildman–Crippen MR) is 69.0 cm³/mol. The van der Waals surface area contributed by atoms with Crippen LogP contribution in [0.5, 0.6) is 0 Å². The van der Waals surface area contributed by atoms with Crippen molar-refractivity contribution in [2.24, 2.45) is 0 Å². The maximum atomic E-state index is 12.4. The lowest BCUT2D eigenvalue weighted by atomic mass is 10.2. The summed E-state index contributed by atoms with van der Waals surface area (Å²) in [5, 5.41) is 8.88.